The van der Waals surface area contributed by atoms with Crippen LogP contribution in [0.5, 0.6) is 0 Å². The van der Waals surface area contributed by atoms with Gasteiger partial charge in [0.25, 0.3) is 0 Å². The van der Waals surface area contributed by atoms with E-state index in [9.17, 15) is 0 Å². The predicted molar refractivity (Wildman–Crippen MR) is 194 cm³/mol. The van der Waals surface area contributed by atoms with Gasteiger partial charge in [0.2, 0.25) is 0 Å². The number of aromatic nitrogens is 4. The second-order valence-corrected chi connectivity index (χ2v) is 13.0. The third kappa shape index (κ3) is 5.23. The van der Waals surface area contributed by atoms with Crippen molar-refractivity contribution in [3.63, 3.8) is 0 Å². The number of rotatable bonds is 12. The number of fused-ring (bicyclic) bond motifs is 1. The molecule has 0 saturated heterocycles. The maximum absolute atomic E-state index is 2.46. The summed E-state index contributed by atoms with van der Waals surface area (Å²) in [5, 5.41) is 7.36. The van der Waals surface area contributed by atoms with Gasteiger partial charge in [0.15, 0.2) is 0 Å². The molecule has 0 aliphatic heterocycles. The van der Waals surface area contributed by atoms with E-state index in [2.05, 4.69) is 134 Å². The summed E-state index contributed by atoms with van der Waals surface area (Å²) in [6.07, 6.45) is 27.5. The van der Waals surface area contributed by atoms with Crippen molar-refractivity contribution in [1.82, 2.24) is 18.3 Å². The minimum atomic E-state index is 1.03. The second-order valence-electron chi connectivity index (χ2n) is 12.3. The summed E-state index contributed by atoms with van der Waals surface area (Å²) in [5.41, 5.74) is 16.5. The highest BCUT2D eigenvalue weighted by Gasteiger charge is 2.27. The smallest absolute Gasteiger partial charge is 0.0965 e. The summed E-state index contributed by atoms with van der Waals surface area (Å²) in [6, 6.07) is 0. The van der Waals surface area contributed by atoms with Gasteiger partial charge >= 0.3 is 0 Å². The van der Waals surface area contributed by atoms with E-state index in [1.807, 2.05) is 11.3 Å². The Morgan fingerprint density at radius 2 is 0.533 bits per heavy atom. The zero-order valence-corrected chi connectivity index (χ0v) is 29.4. The van der Waals surface area contributed by atoms with Gasteiger partial charge in [-0.25, -0.2) is 0 Å². The van der Waals surface area contributed by atoms with Crippen LogP contribution < -0.4 is 0 Å². The van der Waals surface area contributed by atoms with Crippen LogP contribution in [0.3, 0.4) is 0 Å². The zero-order chi connectivity index (χ0) is 31.8. The van der Waals surface area contributed by atoms with Crippen LogP contribution in [-0.4, -0.2) is 18.3 Å². The molecule has 5 heteroatoms. The van der Waals surface area contributed by atoms with Crippen LogP contribution in [0.25, 0.3) is 33.5 Å². The lowest BCUT2D eigenvalue weighted by molar-refractivity contribution is 0.935. The standard InChI is InChI=1S/C40H50N4S/c1-9-27-17-41(18-28(27)10-2)37-35-25-45-26-36(35)38(42-19-29(11-3)30(12-4)20-42)40(44-23-33(15-7)34(16-8)24-44)39(37)43-21-31(13-5)32(14-6)22-43/h17-26H,9-16H2,1-8H3. The molecule has 5 heterocycles. The Labute approximate surface area is 273 Å². The van der Waals surface area contributed by atoms with Crippen LogP contribution in [0.2, 0.25) is 0 Å². The SMILES string of the molecule is CCc1cn(-c2c(-n3cc(CC)c(CC)c3)c(-n3cc(CC)c(CC)c3)c3cscc3c2-n2cc(CC)c(CC)c2)cc1CC. The topological polar surface area (TPSA) is 19.7 Å². The van der Waals surface area contributed by atoms with Crippen LogP contribution in [0.1, 0.15) is 99.9 Å². The largest absolute Gasteiger partial charge is 0.321 e. The van der Waals surface area contributed by atoms with Gasteiger partial charge in [-0.2, -0.15) is 11.3 Å². The second kappa shape index (κ2) is 13.0. The molecule has 5 aromatic heterocycles. The average molecular weight is 619 g/mol. The molecule has 0 spiro atoms. The highest BCUT2D eigenvalue weighted by molar-refractivity contribution is 7.09. The minimum absolute atomic E-state index is 1.03. The van der Waals surface area contributed by atoms with E-state index in [0.717, 1.165) is 51.4 Å². The van der Waals surface area contributed by atoms with E-state index in [4.69, 9.17) is 0 Å². The molecule has 45 heavy (non-hydrogen) atoms. The lowest BCUT2D eigenvalue weighted by atomic mass is 10.1. The van der Waals surface area contributed by atoms with Crippen molar-refractivity contribution in [2.75, 3.05) is 0 Å². The molecule has 0 fully saturated rings. The normalized spacial score (nSPS) is 11.8. The summed E-state index contributed by atoms with van der Waals surface area (Å²) < 4.78 is 9.81. The van der Waals surface area contributed by atoms with E-state index in [1.54, 1.807) is 0 Å². The van der Waals surface area contributed by atoms with E-state index in [1.165, 1.54) is 78.0 Å². The molecule has 236 valence electrons. The molecule has 4 nitrogen and oxygen atoms in total. The Kier molecular flexibility index (Phi) is 9.01. The Morgan fingerprint density at radius 1 is 0.333 bits per heavy atom. The third-order valence-corrected chi connectivity index (χ3v) is 10.7. The molecule has 0 atom stereocenters. The number of thiophene rings is 1. The summed E-state index contributed by atoms with van der Waals surface area (Å²) in [4.78, 5) is 0. The number of nitrogens with zero attached hydrogens (tertiary/aromatic N) is 4. The van der Waals surface area contributed by atoms with E-state index < -0.39 is 0 Å². The zero-order valence-electron chi connectivity index (χ0n) is 28.6. The van der Waals surface area contributed by atoms with E-state index in [0.29, 0.717) is 0 Å². The molecule has 6 rings (SSSR count). The Bertz CT molecular complexity index is 1720. The molecule has 0 amide bonds. The van der Waals surface area contributed by atoms with Crippen LogP contribution in [-0.2, 0) is 51.4 Å². The number of aryl methyl sites for hydroxylation is 8. The monoisotopic (exact) mass is 618 g/mol. The molecular weight excluding hydrogens is 569 g/mol. The molecule has 6 aromatic rings. The lowest BCUT2D eigenvalue weighted by Gasteiger charge is -2.24. The Hall–Kier alpha value is -3.70. The number of benzene rings is 1. The Morgan fingerprint density at radius 3 is 0.733 bits per heavy atom. The van der Waals surface area contributed by atoms with Gasteiger partial charge in [-0.3, -0.25) is 0 Å². The molecular formula is C40H50N4S. The van der Waals surface area contributed by atoms with Crippen molar-refractivity contribution in [3.8, 4) is 22.7 Å². The van der Waals surface area contributed by atoms with Gasteiger partial charge in [0, 0.05) is 71.1 Å². The van der Waals surface area contributed by atoms with Gasteiger partial charge in [-0.05, 0) is 95.9 Å². The fourth-order valence-electron chi connectivity index (χ4n) is 7.37. The first kappa shape index (κ1) is 31.3. The van der Waals surface area contributed by atoms with Crippen molar-refractivity contribution < 1.29 is 0 Å². The molecule has 0 saturated carbocycles. The van der Waals surface area contributed by atoms with Crippen LogP contribution in [0.4, 0.5) is 0 Å². The quantitative estimate of drug-likeness (QED) is 0.130. The molecule has 0 unspecified atom stereocenters. The molecule has 0 radical (unpaired) electrons. The van der Waals surface area contributed by atoms with Crippen molar-refractivity contribution >= 4 is 22.1 Å². The van der Waals surface area contributed by atoms with E-state index >= 15 is 0 Å². The molecule has 0 N–H and O–H groups in total. The van der Waals surface area contributed by atoms with Gasteiger partial charge < -0.3 is 18.3 Å². The summed E-state index contributed by atoms with van der Waals surface area (Å²) in [5.74, 6) is 0. The van der Waals surface area contributed by atoms with Crippen LogP contribution in [0.15, 0.2) is 60.3 Å². The molecule has 1 aromatic carbocycles. The third-order valence-electron chi connectivity index (χ3n) is 9.93. The minimum Gasteiger partial charge on any atom is -0.321 e. The maximum atomic E-state index is 2.46. The molecule has 0 aliphatic carbocycles. The van der Waals surface area contributed by atoms with Gasteiger partial charge in [-0.15, -0.1) is 0 Å². The van der Waals surface area contributed by atoms with Gasteiger partial charge in [0.05, 0.1) is 22.7 Å². The fourth-order valence-corrected chi connectivity index (χ4v) is 8.19. The number of hydrogen-bond donors (Lipinski definition) is 0. The summed E-state index contributed by atoms with van der Waals surface area (Å²) in [6.45, 7) is 18.3. The van der Waals surface area contributed by atoms with E-state index in [-0.39, 0.29) is 0 Å². The van der Waals surface area contributed by atoms with Crippen molar-refractivity contribution in [2.45, 2.75) is 107 Å². The van der Waals surface area contributed by atoms with Crippen molar-refractivity contribution in [1.29, 1.82) is 0 Å². The average Bonchev–Trinajstić information content (AvgIpc) is 3.91. The highest BCUT2D eigenvalue weighted by atomic mass is 32.1. The molecule has 0 aliphatic rings. The van der Waals surface area contributed by atoms with Crippen LogP contribution >= 0.6 is 11.3 Å². The van der Waals surface area contributed by atoms with Crippen molar-refractivity contribution in [3.05, 3.63) is 105 Å². The number of hydrogen-bond acceptors (Lipinski definition) is 1. The molecule has 0 bridgehead atoms. The van der Waals surface area contributed by atoms with Gasteiger partial charge in [0.1, 0.15) is 0 Å². The maximum Gasteiger partial charge on any atom is 0.0965 e. The first-order valence-electron chi connectivity index (χ1n) is 17.3. The van der Waals surface area contributed by atoms with Crippen molar-refractivity contribution in [2.24, 2.45) is 0 Å². The lowest BCUT2D eigenvalue weighted by Crippen LogP contribution is -2.11. The first-order chi connectivity index (χ1) is 21.9. The first-order valence-corrected chi connectivity index (χ1v) is 18.2. The summed E-state index contributed by atoms with van der Waals surface area (Å²) >= 11 is 1.81. The summed E-state index contributed by atoms with van der Waals surface area (Å²) in [7, 11) is 0. The fraction of sp³-hybridized carbons (Fsp3) is 0.400. The van der Waals surface area contributed by atoms with Crippen LogP contribution in [0, 0.1) is 0 Å². The Balaban J connectivity index is 1.85. The highest BCUT2D eigenvalue weighted by Crippen LogP contribution is 2.44. The van der Waals surface area contributed by atoms with Gasteiger partial charge in [-0.1, -0.05) is 55.4 Å². The predicted octanol–water partition coefficient (Wildman–Crippen LogP) is 10.6.